The summed E-state index contributed by atoms with van der Waals surface area (Å²) >= 11 is 0. The maximum absolute atomic E-state index is 11.8. The molecule has 0 saturated carbocycles. The number of hydrogen-bond acceptors (Lipinski definition) is 2. The maximum atomic E-state index is 11.8. The summed E-state index contributed by atoms with van der Waals surface area (Å²) in [5.74, 6) is 0. The van der Waals surface area contributed by atoms with Crippen LogP contribution >= 0.6 is 0 Å². The molecule has 3 heteroatoms. The first-order valence-corrected chi connectivity index (χ1v) is 5.13. The molecule has 3 rings (SSSR count). The van der Waals surface area contributed by atoms with Crippen molar-refractivity contribution in [1.29, 1.82) is 0 Å². The summed E-state index contributed by atoms with van der Waals surface area (Å²) in [4.78, 5) is 18.8. The van der Waals surface area contributed by atoms with E-state index >= 15 is 0 Å². The van der Waals surface area contributed by atoms with Crippen LogP contribution in [0.15, 0.2) is 41.5 Å². The van der Waals surface area contributed by atoms with E-state index in [2.05, 4.69) is 9.97 Å². The molecule has 2 aromatic heterocycles. The average Bonchev–Trinajstić information content (AvgIpc) is 2.30. The lowest BCUT2D eigenvalue weighted by molar-refractivity contribution is 1.27. The predicted octanol–water partition coefficient (Wildman–Crippen LogP) is 2.38. The fourth-order valence-electron chi connectivity index (χ4n) is 2.09. The van der Waals surface area contributed by atoms with Gasteiger partial charge in [0.05, 0.1) is 5.39 Å². The highest BCUT2D eigenvalue weighted by atomic mass is 16.1. The van der Waals surface area contributed by atoms with Crippen molar-refractivity contribution in [3.63, 3.8) is 0 Å². The second kappa shape index (κ2) is 3.17. The number of hydrogen-bond donors (Lipinski definition) is 1. The number of aromatic nitrogens is 2. The fraction of sp³-hybridized carbons (Fsp3) is 0.0769. The molecule has 0 atom stereocenters. The minimum Gasteiger partial charge on any atom is -0.321 e. The van der Waals surface area contributed by atoms with Gasteiger partial charge >= 0.3 is 0 Å². The summed E-state index contributed by atoms with van der Waals surface area (Å²) in [6, 6.07) is 7.82. The van der Waals surface area contributed by atoms with Crippen LogP contribution in [0.25, 0.3) is 21.7 Å². The minimum atomic E-state index is -0.0788. The van der Waals surface area contributed by atoms with E-state index < -0.39 is 0 Å². The third-order valence-corrected chi connectivity index (χ3v) is 2.82. The Morgan fingerprint density at radius 1 is 1.12 bits per heavy atom. The number of nitrogens with one attached hydrogen (secondary N) is 1. The second-order valence-corrected chi connectivity index (χ2v) is 3.88. The number of aryl methyl sites for hydroxylation is 1. The van der Waals surface area contributed by atoms with Gasteiger partial charge in [0.2, 0.25) is 0 Å². The summed E-state index contributed by atoms with van der Waals surface area (Å²) in [6.07, 6.45) is 3.40. The zero-order chi connectivity index (χ0) is 11.1. The van der Waals surface area contributed by atoms with E-state index in [1.54, 1.807) is 12.4 Å². The first kappa shape index (κ1) is 9.09. The van der Waals surface area contributed by atoms with Crippen LogP contribution < -0.4 is 5.56 Å². The van der Waals surface area contributed by atoms with Gasteiger partial charge in [0.1, 0.15) is 0 Å². The smallest absolute Gasteiger partial charge is 0.257 e. The Hall–Kier alpha value is -2.16. The van der Waals surface area contributed by atoms with E-state index in [9.17, 15) is 4.79 Å². The molecular formula is C13H10N2O. The number of H-pyrrole nitrogens is 1. The van der Waals surface area contributed by atoms with Crippen LogP contribution in [0.5, 0.6) is 0 Å². The van der Waals surface area contributed by atoms with E-state index in [1.807, 2.05) is 31.2 Å². The largest absolute Gasteiger partial charge is 0.321 e. The molecule has 1 aromatic carbocycles. The van der Waals surface area contributed by atoms with Crippen molar-refractivity contribution >= 4 is 21.7 Å². The number of aromatic amines is 1. The van der Waals surface area contributed by atoms with Crippen LogP contribution in [0.2, 0.25) is 0 Å². The van der Waals surface area contributed by atoms with Crippen molar-refractivity contribution in [2.75, 3.05) is 0 Å². The molecule has 3 nitrogen and oxygen atoms in total. The average molecular weight is 210 g/mol. The molecular weight excluding hydrogens is 200 g/mol. The van der Waals surface area contributed by atoms with Crippen molar-refractivity contribution in [3.8, 4) is 0 Å². The van der Waals surface area contributed by atoms with Gasteiger partial charge in [-0.1, -0.05) is 18.2 Å². The molecule has 16 heavy (non-hydrogen) atoms. The SMILES string of the molecule is Cc1cncc2c(=O)[nH]c3ccccc3c12. The van der Waals surface area contributed by atoms with Gasteiger partial charge in [-0.05, 0) is 18.6 Å². The normalized spacial score (nSPS) is 11.1. The Balaban J connectivity index is 2.73. The lowest BCUT2D eigenvalue weighted by Crippen LogP contribution is -2.07. The molecule has 1 N–H and O–H groups in total. The molecule has 0 saturated heterocycles. The second-order valence-electron chi connectivity index (χ2n) is 3.88. The van der Waals surface area contributed by atoms with Gasteiger partial charge in [0, 0.05) is 28.7 Å². The molecule has 0 aliphatic heterocycles. The molecule has 0 radical (unpaired) electrons. The number of para-hydroxylation sites is 1. The molecule has 0 unspecified atom stereocenters. The Morgan fingerprint density at radius 3 is 2.81 bits per heavy atom. The quantitative estimate of drug-likeness (QED) is 0.579. The van der Waals surface area contributed by atoms with Crippen LogP contribution in [-0.2, 0) is 0 Å². The number of fused-ring (bicyclic) bond motifs is 3. The van der Waals surface area contributed by atoms with Gasteiger partial charge in [-0.2, -0.15) is 0 Å². The standard InChI is InChI=1S/C13H10N2O/c1-8-6-14-7-10-12(8)9-4-2-3-5-11(9)15-13(10)16/h2-7H,1H3,(H,15,16). The highest BCUT2D eigenvalue weighted by molar-refractivity contribution is 6.06. The van der Waals surface area contributed by atoms with Crippen LogP contribution in [0.3, 0.4) is 0 Å². The molecule has 0 aliphatic rings. The zero-order valence-corrected chi connectivity index (χ0v) is 8.82. The van der Waals surface area contributed by atoms with Gasteiger partial charge in [0.15, 0.2) is 0 Å². The van der Waals surface area contributed by atoms with Crippen molar-refractivity contribution in [2.24, 2.45) is 0 Å². The number of nitrogens with zero attached hydrogens (tertiary/aromatic N) is 1. The van der Waals surface area contributed by atoms with Gasteiger partial charge in [0.25, 0.3) is 5.56 Å². The first-order chi connectivity index (χ1) is 7.77. The Morgan fingerprint density at radius 2 is 1.94 bits per heavy atom. The molecule has 0 spiro atoms. The van der Waals surface area contributed by atoms with Gasteiger partial charge in [-0.25, -0.2) is 0 Å². The molecule has 0 amide bonds. The lowest BCUT2D eigenvalue weighted by Gasteiger charge is -2.05. The van der Waals surface area contributed by atoms with Crippen LogP contribution in [0.4, 0.5) is 0 Å². The van der Waals surface area contributed by atoms with E-state index in [-0.39, 0.29) is 5.56 Å². The van der Waals surface area contributed by atoms with E-state index in [1.165, 1.54) is 0 Å². The van der Waals surface area contributed by atoms with Crippen LogP contribution in [0, 0.1) is 6.92 Å². The molecule has 0 bridgehead atoms. The summed E-state index contributed by atoms with van der Waals surface area (Å²) in [5, 5.41) is 2.71. The van der Waals surface area contributed by atoms with E-state index in [4.69, 9.17) is 0 Å². The van der Waals surface area contributed by atoms with Crippen LogP contribution in [0.1, 0.15) is 5.56 Å². The highest BCUT2D eigenvalue weighted by Crippen LogP contribution is 2.22. The fourth-order valence-corrected chi connectivity index (χ4v) is 2.09. The Kier molecular flexibility index (Phi) is 1.80. The van der Waals surface area contributed by atoms with Crippen molar-refractivity contribution < 1.29 is 0 Å². The third-order valence-electron chi connectivity index (χ3n) is 2.82. The Bertz CT molecular complexity index is 744. The third kappa shape index (κ3) is 1.15. The molecule has 78 valence electrons. The van der Waals surface area contributed by atoms with E-state index in [0.29, 0.717) is 5.39 Å². The number of benzene rings is 1. The lowest BCUT2D eigenvalue weighted by atomic mass is 10.0. The summed E-state index contributed by atoms with van der Waals surface area (Å²) < 4.78 is 0. The molecule has 0 fully saturated rings. The van der Waals surface area contributed by atoms with Gasteiger partial charge in [-0.3, -0.25) is 9.78 Å². The number of pyridine rings is 2. The monoisotopic (exact) mass is 210 g/mol. The topological polar surface area (TPSA) is 45.8 Å². The van der Waals surface area contributed by atoms with Crippen LogP contribution in [-0.4, -0.2) is 9.97 Å². The maximum Gasteiger partial charge on any atom is 0.257 e. The number of rotatable bonds is 0. The van der Waals surface area contributed by atoms with Crippen molar-refractivity contribution in [3.05, 3.63) is 52.6 Å². The molecule has 2 heterocycles. The zero-order valence-electron chi connectivity index (χ0n) is 8.82. The van der Waals surface area contributed by atoms with Gasteiger partial charge in [-0.15, -0.1) is 0 Å². The van der Waals surface area contributed by atoms with Crippen molar-refractivity contribution in [2.45, 2.75) is 6.92 Å². The minimum absolute atomic E-state index is 0.0788. The summed E-state index contributed by atoms with van der Waals surface area (Å²) in [5.41, 5.74) is 1.82. The Labute approximate surface area is 91.8 Å². The van der Waals surface area contributed by atoms with Gasteiger partial charge < -0.3 is 4.98 Å². The predicted molar refractivity (Wildman–Crippen MR) is 64.6 cm³/mol. The highest BCUT2D eigenvalue weighted by Gasteiger charge is 2.06. The first-order valence-electron chi connectivity index (χ1n) is 5.13. The molecule has 0 aliphatic carbocycles. The van der Waals surface area contributed by atoms with Crippen molar-refractivity contribution in [1.82, 2.24) is 9.97 Å². The molecule has 3 aromatic rings. The summed E-state index contributed by atoms with van der Waals surface area (Å²) in [6.45, 7) is 1.97. The van der Waals surface area contributed by atoms with E-state index in [0.717, 1.165) is 21.9 Å². The summed E-state index contributed by atoms with van der Waals surface area (Å²) in [7, 11) is 0.